The van der Waals surface area contributed by atoms with Crippen LogP contribution in [-0.4, -0.2) is 6.04 Å². The molecule has 2 aromatic carbocycles. The molecule has 20 heavy (non-hydrogen) atoms. The zero-order chi connectivity index (χ0) is 14.7. The van der Waals surface area contributed by atoms with Crippen molar-refractivity contribution in [3.8, 4) is 0 Å². The highest BCUT2D eigenvalue weighted by Crippen LogP contribution is 2.23. The maximum atomic E-state index is 13.9. The summed E-state index contributed by atoms with van der Waals surface area (Å²) in [7, 11) is 0. The number of halogens is 4. The van der Waals surface area contributed by atoms with Gasteiger partial charge < -0.3 is 5.73 Å². The van der Waals surface area contributed by atoms with Crippen LogP contribution in [0.3, 0.4) is 0 Å². The van der Waals surface area contributed by atoms with Gasteiger partial charge in [-0.05, 0) is 58.6 Å². The molecule has 0 spiro atoms. The Labute approximate surface area is 133 Å². The Hall–Kier alpha value is -0.780. The second-order valence-corrected chi connectivity index (χ2v) is 6.39. The van der Waals surface area contributed by atoms with Crippen molar-refractivity contribution in [1.29, 1.82) is 0 Å². The average molecular weight is 405 g/mol. The average Bonchev–Trinajstić information content (AvgIpc) is 2.39. The van der Waals surface area contributed by atoms with E-state index in [2.05, 4.69) is 31.9 Å². The zero-order valence-electron chi connectivity index (χ0n) is 10.5. The van der Waals surface area contributed by atoms with E-state index in [1.54, 1.807) is 0 Å². The second-order valence-electron chi connectivity index (χ2n) is 4.62. The van der Waals surface area contributed by atoms with Crippen LogP contribution in [-0.2, 0) is 12.8 Å². The first-order valence-electron chi connectivity index (χ1n) is 6.09. The van der Waals surface area contributed by atoms with Crippen LogP contribution < -0.4 is 5.73 Å². The van der Waals surface area contributed by atoms with Crippen LogP contribution in [0.1, 0.15) is 11.1 Å². The Kier molecular flexibility index (Phi) is 5.29. The van der Waals surface area contributed by atoms with Crippen molar-refractivity contribution >= 4 is 31.9 Å². The number of benzene rings is 2. The fourth-order valence-corrected chi connectivity index (χ4v) is 2.88. The van der Waals surface area contributed by atoms with E-state index in [-0.39, 0.29) is 22.5 Å². The molecular formula is C15H13Br2F2N. The standard InChI is InChI=1S/C15H13Br2F2N/c16-10-3-1-2-9(6-10)7-11(20)8-12-14(18)5-4-13(17)15(12)19/h1-6,11H,7-8,20H2. The van der Waals surface area contributed by atoms with Gasteiger partial charge in [0.1, 0.15) is 11.6 Å². The highest BCUT2D eigenvalue weighted by Gasteiger charge is 2.16. The quantitative estimate of drug-likeness (QED) is 0.740. The van der Waals surface area contributed by atoms with Gasteiger partial charge in [-0.1, -0.05) is 28.1 Å². The fourth-order valence-electron chi connectivity index (χ4n) is 2.06. The minimum absolute atomic E-state index is 0.0295. The first kappa shape index (κ1) is 15.6. The number of rotatable bonds is 4. The van der Waals surface area contributed by atoms with Gasteiger partial charge >= 0.3 is 0 Å². The summed E-state index contributed by atoms with van der Waals surface area (Å²) < 4.78 is 28.8. The molecule has 1 atom stereocenters. The first-order valence-corrected chi connectivity index (χ1v) is 7.68. The summed E-state index contributed by atoms with van der Waals surface area (Å²) in [6.45, 7) is 0. The van der Waals surface area contributed by atoms with Crippen molar-refractivity contribution in [2.45, 2.75) is 18.9 Å². The summed E-state index contributed by atoms with van der Waals surface area (Å²) in [5.74, 6) is -1.13. The van der Waals surface area contributed by atoms with Crippen molar-refractivity contribution in [2.24, 2.45) is 5.73 Å². The Morgan fingerprint density at radius 3 is 2.50 bits per heavy atom. The largest absolute Gasteiger partial charge is 0.327 e. The third kappa shape index (κ3) is 3.87. The Bertz CT molecular complexity index is 617. The van der Waals surface area contributed by atoms with Gasteiger partial charge in [-0.25, -0.2) is 8.78 Å². The van der Waals surface area contributed by atoms with Gasteiger partial charge in [0.2, 0.25) is 0 Å². The molecule has 0 bridgehead atoms. The number of nitrogens with two attached hydrogens (primary N) is 1. The summed E-state index contributed by atoms with van der Waals surface area (Å²) in [5.41, 5.74) is 7.07. The Morgan fingerprint density at radius 2 is 1.80 bits per heavy atom. The van der Waals surface area contributed by atoms with Crippen molar-refractivity contribution in [3.05, 3.63) is 68.1 Å². The molecule has 0 saturated carbocycles. The van der Waals surface area contributed by atoms with E-state index >= 15 is 0 Å². The van der Waals surface area contributed by atoms with Crippen molar-refractivity contribution in [1.82, 2.24) is 0 Å². The smallest absolute Gasteiger partial charge is 0.143 e. The predicted molar refractivity (Wildman–Crippen MR) is 83.6 cm³/mol. The molecule has 0 aliphatic heterocycles. The monoisotopic (exact) mass is 403 g/mol. The summed E-state index contributed by atoms with van der Waals surface area (Å²) >= 11 is 6.44. The molecule has 0 aromatic heterocycles. The minimum atomic E-state index is -0.574. The SMILES string of the molecule is NC(Cc1cccc(Br)c1)Cc1c(F)ccc(Br)c1F. The van der Waals surface area contributed by atoms with Gasteiger partial charge in [0.25, 0.3) is 0 Å². The van der Waals surface area contributed by atoms with E-state index in [0.29, 0.717) is 6.42 Å². The third-order valence-corrected chi connectivity index (χ3v) is 4.10. The predicted octanol–water partition coefficient (Wildman–Crippen LogP) is 4.60. The lowest BCUT2D eigenvalue weighted by Crippen LogP contribution is -2.26. The van der Waals surface area contributed by atoms with Crippen LogP contribution in [0.25, 0.3) is 0 Å². The molecule has 5 heteroatoms. The molecule has 0 aliphatic carbocycles. The van der Waals surface area contributed by atoms with Crippen LogP contribution >= 0.6 is 31.9 Å². The van der Waals surface area contributed by atoms with E-state index in [0.717, 1.165) is 10.0 Å². The first-order chi connectivity index (χ1) is 9.47. The second kappa shape index (κ2) is 6.78. The molecule has 2 aromatic rings. The number of hydrogen-bond acceptors (Lipinski definition) is 1. The molecule has 106 valence electrons. The molecule has 1 unspecified atom stereocenters. The molecule has 0 fully saturated rings. The molecule has 1 nitrogen and oxygen atoms in total. The third-order valence-electron chi connectivity index (χ3n) is 2.99. The highest BCUT2D eigenvalue weighted by molar-refractivity contribution is 9.10. The molecule has 2 N–H and O–H groups in total. The van der Waals surface area contributed by atoms with E-state index in [1.807, 2.05) is 24.3 Å². The van der Waals surface area contributed by atoms with Crippen LogP contribution in [0.4, 0.5) is 8.78 Å². The number of hydrogen-bond donors (Lipinski definition) is 1. The lowest BCUT2D eigenvalue weighted by atomic mass is 9.99. The van der Waals surface area contributed by atoms with Gasteiger partial charge in [-0.3, -0.25) is 0 Å². The van der Waals surface area contributed by atoms with Gasteiger partial charge in [0.15, 0.2) is 0 Å². The zero-order valence-corrected chi connectivity index (χ0v) is 13.7. The van der Waals surface area contributed by atoms with E-state index in [4.69, 9.17) is 5.73 Å². The normalized spacial score (nSPS) is 12.4. The lowest BCUT2D eigenvalue weighted by Gasteiger charge is -2.14. The maximum absolute atomic E-state index is 13.9. The van der Waals surface area contributed by atoms with Crippen LogP contribution in [0.15, 0.2) is 45.3 Å². The van der Waals surface area contributed by atoms with Crippen LogP contribution in [0.2, 0.25) is 0 Å². The van der Waals surface area contributed by atoms with Crippen LogP contribution in [0, 0.1) is 11.6 Å². The van der Waals surface area contributed by atoms with E-state index in [1.165, 1.54) is 12.1 Å². The topological polar surface area (TPSA) is 26.0 Å². The van der Waals surface area contributed by atoms with Crippen molar-refractivity contribution < 1.29 is 8.78 Å². The fraction of sp³-hybridized carbons (Fsp3) is 0.200. The summed E-state index contributed by atoms with van der Waals surface area (Å²) in [6.07, 6.45) is 0.717. The Balaban J connectivity index is 2.12. The summed E-state index contributed by atoms with van der Waals surface area (Å²) in [6, 6.07) is 9.98. The summed E-state index contributed by atoms with van der Waals surface area (Å²) in [4.78, 5) is 0. The molecule has 0 radical (unpaired) electrons. The van der Waals surface area contributed by atoms with E-state index in [9.17, 15) is 8.78 Å². The molecule has 0 amide bonds. The van der Waals surface area contributed by atoms with Crippen molar-refractivity contribution in [2.75, 3.05) is 0 Å². The van der Waals surface area contributed by atoms with Gasteiger partial charge in [0.05, 0.1) is 4.47 Å². The molecule has 2 rings (SSSR count). The van der Waals surface area contributed by atoms with Crippen LogP contribution in [0.5, 0.6) is 0 Å². The lowest BCUT2D eigenvalue weighted by molar-refractivity contribution is 0.530. The molecular weight excluding hydrogens is 392 g/mol. The highest BCUT2D eigenvalue weighted by atomic mass is 79.9. The van der Waals surface area contributed by atoms with Gasteiger partial charge in [0, 0.05) is 16.1 Å². The minimum Gasteiger partial charge on any atom is -0.327 e. The molecule has 0 heterocycles. The van der Waals surface area contributed by atoms with Gasteiger partial charge in [-0.15, -0.1) is 0 Å². The van der Waals surface area contributed by atoms with Crippen molar-refractivity contribution in [3.63, 3.8) is 0 Å². The molecule has 0 saturated heterocycles. The Morgan fingerprint density at radius 1 is 1.05 bits per heavy atom. The summed E-state index contributed by atoms with van der Waals surface area (Å²) in [5, 5.41) is 0. The molecule has 0 aliphatic rings. The maximum Gasteiger partial charge on any atom is 0.143 e. The van der Waals surface area contributed by atoms with E-state index < -0.39 is 11.6 Å². The van der Waals surface area contributed by atoms with Gasteiger partial charge in [-0.2, -0.15) is 0 Å².